The Morgan fingerprint density at radius 1 is 1.09 bits per heavy atom. The Balaban J connectivity index is 1.35. The Morgan fingerprint density at radius 2 is 1.91 bits per heavy atom. The minimum absolute atomic E-state index is 0.0412. The molecule has 0 spiro atoms. The van der Waals surface area contributed by atoms with Gasteiger partial charge >= 0.3 is 5.97 Å². The summed E-state index contributed by atoms with van der Waals surface area (Å²) in [7, 11) is 0. The van der Waals surface area contributed by atoms with Crippen LogP contribution in [0.15, 0.2) is 54.9 Å². The first-order valence-electron chi connectivity index (χ1n) is 11.1. The Morgan fingerprint density at radius 3 is 2.62 bits per heavy atom. The van der Waals surface area contributed by atoms with Crippen molar-refractivity contribution in [1.82, 2.24) is 9.97 Å². The number of aliphatic hydroxyl groups excluding tert-OH is 1. The third kappa shape index (κ3) is 4.36. The van der Waals surface area contributed by atoms with Crippen molar-refractivity contribution in [3.63, 3.8) is 0 Å². The van der Waals surface area contributed by atoms with Gasteiger partial charge in [-0.05, 0) is 60.3 Å². The number of aryl methyl sites for hydroxylation is 1. The predicted octanol–water partition coefficient (Wildman–Crippen LogP) is 4.67. The molecule has 32 heavy (non-hydrogen) atoms. The molecule has 2 atom stereocenters. The van der Waals surface area contributed by atoms with E-state index in [0.717, 1.165) is 53.8 Å². The number of benzene rings is 2. The highest BCUT2D eigenvalue weighted by atomic mass is 16.5. The maximum Gasteiger partial charge on any atom is 0.303 e. The minimum Gasteiger partial charge on any atom is -0.485 e. The van der Waals surface area contributed by atoms with Gasteiger partial charge in [0.2, 0.25) is 0 Å². The molecule has 5 rings (SSSR count). The zero-order valence-corrected chi connectivity index (χ0v) is 17.8. The number of carboxylic acid groups (broad SMARTS) is 1. The number of ether oxygens (including phenoxy) is 1. The van der Waals surface area contributed by atoms with Crippen LogP contribution in [0.3, 0.4) is 0 Å². The molecule has 2 heterocycles. The number of hydrogen-bond acceptors (Lipinski definition) is 5. The van der Waals surface area contributed by atoms with Crippen LogP contribution in [0.1, 0.15) is 60.1 Å². The lowest BCUT2D eigenvalue weighted by molar-refractivity contribution is -0.137. The van der Waals surface area contributed by atoms with Crippen molar-refractivity contribution in [1.29, 1.82) is 0 Å². The van der Waals surface area contributed by atoms with Gasteiger partial charge in [0, 0.05) is 5.56 Å². The van der Waals surface area contributed by atoms with Gasteiger partial charge in [-0.25, -0.2) is 4.98 Å². The molecule has 2 N–H and O–H groups in total. The summed E-state index contributed by atoms with van der Waals surface area (Å²) >= 11 is 0. The SMILES string of the molecule is O=C(O)C[C@H](c1ccc2c(c1)OC(c1ccc(-c3cncc(CO)n3)cc1)CC2)C1CC1. The van der Waals surface area contributed by atoms with Crippen LogP contribution < -0.4 is 4.74 Å². The summed E-state index contributed by atoms with van der Waals surface area (Å²) in [6, 6.07) is 14.4. The highest BCUT2D eigenvalue weighted by molar-refractivity contribution is 5.68. The number of fused-ring (bicyclic) bond motifs is 1. The van der Waals surface area contributed by atoms with E-state index in [-0.39, 0.29) is 25.0 Å². The molecule has 1 fully saturated rings. The molecule has 0 radical (unpaired) electrons. The number of aliphatic hydroxyl groups is 1. The van der Waals surface area contributed by atoms with Crippen molar-refractivity contribution in [3.05, 3.63) is 77.2 Å². The van der Waals surface area contributed by atoms with Gasteiger partial charge < -0.3 is 14.9 Å². The second-order valence-corrected chi connectivity index (χ2v) is 8.73. The third-order valence-corrected chi connectivity index (χ3v) is 6.47. The summed E-state index contributed by atoms with van der Waals surface area (Å²) in [5.41, 5.74) is 5.57. The van der Waals surface area contributed by atoms with Crippen molar-refractivity contribution in [2.45, 2.75) is 50.7 Å². The van der Waals surface area contributed by atoms with E-state index in [1.807, 2.05) is 12.1 Å². The molecule has 2 aromatic carbocycles. The van der Waals surface area contributed by atoms with Crippen molar-refractivity contribution in [3.8, 4) is 17.0 Å². The number of rotatable bonds is 7. The lowest BCUT2D eigenvalue weighted by atomic mass is 9.88. The second kappa shape index (κ2) is 8.71. The standard InChI is InChI=1S/C26H26N2O4/c29-15-21-13-27-14-23(28-21)17-3-5-18(6-4-17)24-10-9-19-7-8-20(11-25(19)32-24)22(12-26(30)31)16-1-2-16/h3-8,11,13-14,16,22,24,29H,1-2,9-10,12,15H2,(H,30,31)/t22-,24?/m0/s1. The molecule has 0 amide bonds. The van der Waals surface area contributed by atoms with E-state index >= 15 is 0 Å². The van der Waals surface area contributed by atoms with Crippen LogP contribution in [-0.4, -0.2) is 26.2 Å². The molecule has 164 valence electrons. The molecule has 1 unspecified atom stereocenters. The van der Waals surface area contributed by atoms with Crippen LogP contribution in [-0.2, 0) is 17.8 Å². The maximum absolute atomic E-state index is 11.4. The van der Waals surface area contributed by atoms with Crippen molar-refractivity contribution < 1.29 is 19.7 Å². The zero-order valence-electron chi connectivity index (χ0n) is 17.8. The third-order valence-electron chi connectivity index (χ3n) is 6.47. The van der Waals surface area contributed by atoms with E-state index in [1.165, 1.54) is 5.56 Å². The van der Waals surface area contributed by atoms with E-state index in [4.69, 9.17) is 4.74 Å². The molecule has 2 aliphatic rings. The van der Waals surface area contributed by atoms with E-state index < -0.39 is 5.97 Å². The zero-order chi connectivity index (χ0) is 22.1. The van der Waals surface area contributed by atoms with Gasteiger partial charge in [-0.1, -0.05) is 36.4 Å². The topological polar surface area (TPSA) is 92.5 Å². The minimum atomic E-state index is -0.743. The Hall–Kier alpha value is -3.25. The summed E-state index contributed by atoms with van der Waals surface area (Å²) in [5, 5.41) is 18.6. The Bertz CT molecular complexity index is 1120. The normalized spacial score (nSPS) is 18.5. The number of aliphatic carboxylic acids is 1. The lowest BCUT2D eigenvalue weighted by Gasteiger charge is -2.28. The molecule has 1 aliphatic carbocycles. The van der Waals surface area contributed by atoms with Crippen molar-refractivity contribution >= 4 is 5.97 Å². The number of nitrogens with zero attached hydrogens (tertiary/aromatic N) is 2. The van der Waals surface area contributed by atoms with Crippen LogP contribution in [0.5, 0.6) is 5.75 Å². The number of carbonyl (C=O) groups is 1. The van der Waals surface area contributed by atoms with Gasteiger partial charge in [0.05, 0.1) is 36.8 Å². The van der Waals surface area contributed by atoms with Crippen LogP contribution in [0, 0.1) is 5.92 Å². The maximum atomic E-state index is 11.4. The highest BCUT2D eigenvalue weighted by Gasteiger charge is 2.34. The monoisotopic (exact) mass is 430 g/mol. The van der Waals surface area contributed by atoms with Crippen molar-refractivity contribution in [2.24, 2.45) is 5.92 Å². The Kier molecular flexibility index (Phi) is 5.62. The van der Waals surface area contributed by atoms with E-state index in [1.54, 1.807) is 12.4 Å². The molecule has 6 heteroatoms. The van der Waals surface area contributed by atoms with Gasteiger partial charge in [0.1, 0.15) is 11.9 Å². The molecule has 1 aromatic heterocycles. The highest BCUT2D eigenvalue weighted by Crippen LogP contribution is 2.46. The molecule has 0 saturated heterocycles. The molecular formula is C26H26N2O4. The smallest absolute Gasteiger partial charge is 0.303 e. The van der Waals surface area contributed by atoms with Gasteiger partial charge in [0.15, 0.2) is 0 Å². The molecular weight excluding hydrogens is 404 g/mol. The average molecular weight is 431 g/mol. The van der Waals surface area contributed by atoms with Crippen LogP contribution >= 0.6 is 0 Å². The second-order valence-electron chi connectivity index (χ2n) is 8.73. The first-order chi connectivity index (χ1) is 15.6. The van der Waals surface area contributed by atoms with Gasteiger partial charge in [-0.15, -0.1) is 0 Å². The summed E-state index contributed by atoms with van der Waals surface area (Å²) in [5.74, 6) is 0.675. The summed E-state index contributed by atoms with van der Waals surface area (Å²) in [6.45, 7) is -0.135. The van der Waals surface area contributed by atoms with Gasteiger partial charge in [-0.3, -0.25) is 9.78 Å². The van der Waals surface area contributed by atoms with Crippen LogP contribution in [0.25, 0.3) is 11.3 Å². The van der Waals surface area contributed by atoms with E-state index in [9.17, 15) is 15.0 Å². The summed E-state index contributed by atoms with van der Waals surface area (Å²) in [4.78, 5) is 19.9. The van der Waals surface area contributed by atoms with E-state index in [2.05, 4.69) is 40.3 Å². The fraction of sp³-hybridized carbons (Fsp3) is 0.346. The number of hydrogen-bond donors (Lipinski definition) is 2. The van der Waals surface area contributed by atoms with Crippen LogP contribution in [0.2, 0.25) is 0 Å². The number of aromatic nitrogens is 2. The van der Waals surface area contributed by atoms with Crippen LogP contribution in [0.4, 0.5) is 0 Å². The number of carboxylic acids is 1. The van der Waals surface area contributed by atoms with Gasteiger partial charge in [-0.2, -0.15) is 0 Å². The summed E-state index contributed by atoms with van der Waals surface area (Å²) in [6.07, 6.45) is 7.42. The molecule has 1 aliphatic heterocycles. The lowest BCUT2D eigenvalue weighted by Crippen LogP contribution is -2.16. The average Bonchev–Trinajstić information content (AvgIpc) is 3.67. The summed E-state index contributed by atoms with van der Waals surface area (Å²) < 4.78 is 6.39. The Labute approximate surface area is 186 Å². The van der Waals surface area contributed by atoms with Crippen molar-refractivity contribution in [2.75, 3.05) is 0 Å². The van der Waals surface area contributed by atoms with E-state index in [0.29, 0.717) is 11.6 Å². The first-order valence-corrected chi connectivity index (χ1v) is 11.1. The molecule has 1 saturated carbocycles. The molecule has 3 aromatic rings. The molecule has 6 nitrogen and oxygen atoms in total. The predicted molar refractivity (Wildman–Crippen MR) is 119 cm³/mol. The first kappa shape index (κ1) is 20.6. The fourth-order valence-electron chi connectivity index (χ4n) is 4.59. The quantitative estimate of drug-likeness (QED) is 0.566. The molecule has 0 bridgehead atoms. The van der Waals surface area contributed by atoms with Gasteiger partial charge in [0.25, 0.3) is 0 Å². The fourth-order valence-corrected chi connectivity index (χ4v) is 4.59. The largest absolute Gasteiger partial charge is 0.485 e.